The summed E-state index contributed by atoms with van der Waals surface area (Å²) in [6.45, 7) is 10.4. The largest absolute Gasteiger partial charge is 0.304 e. The van der Waals surface area contributed by atoms with Crippen molar-refractivity contribution in [2.24, 2.45) is 0 Å². The number of rotatable bonds is 2. The Morgan fingerprint density at radius 3 is 2.30 bits per heavy atom. The van der Waals surface area contributed by atoms with Crippen molar-refractivity contribution in [3.63, 3.8) is 0 Å². The lowest BCUT2D eigenvalue weighted by Crippen LogP contribution is -2.42. The third kappa shape index (κ3) is 2.12. The lowest BCUT2D eigenvalue weighted by atomic mass is 10.3. The van der Waals surface area contributed by atoms with Gasteiger partial charge in [0, 0.05) is 32.7 Å². The molecule has 0 aromatic rings. The predicted octanol–water partition coefficient (Wildman–Crippen LogP) is 0.582. The molecule has 2 nitrogen and oxygen atoms in total. The molecule has 0 saturated carbocycles. The molecule has 1 heterocycles. The lowest BCUT2D eigenvalue weighted by Gasteiger charge is -2.31. The zero-order valence-corrected chi connectivity index (χ0v) is 6.58. The molecule has 0 spiro atoms. The predicted molar refractivity (Wildman–Crippen MR) is 43.6 cm³/mol. The lowest BCUT2D eigenvalue weighted by molar-refractivity contribution is 0.187. The summed E-state index contributed by atoms with van der Waals surface area (Å²) < 4.78 is 0. The van der Waals surface area contributed by atoms with E-state index in [-0.39, 0.29) is 0 Å². The van der Waals surface area contributed by atoms with Crippen LogP contribution in [0, 0.1) is 6.54 Å². The highest BCUT2D eigenvalue weighted by Crippen LogP contribution is 2.00. The molecule has 57 valence electrons. The van der Waals surface area contributed by atoms with Crippen molar-refractivity contribution in [1.82, 2.24) is 9.80 Å². The highest BCUT2D eigenvalue weighted by atomic mass is 15.2. The van der Waals surface area contributed by atoms with E-state index in [4.69, 9.17) is 0 Å². The summed E-state index contributed by atoms with van der Waals surface area (Å²) in [7, 11) is 2.16. The molecule has 2 heteroatoms. The van der Waals surface area contributed by atoms with Crippen molar-refractivity contribution >= 4 is 0 Å². The van der Waals surface area contributed by atoms with E-state index >= 15 is 0 Å². The molecule has 0 aromatic heterocycles. The molecule has 0 atom stereocenters. The SMILES string of the molecule is C=C[CH]N1CCN(C)CC1. The normalized spacial score (nSPS) is 22.9. The van der Waals surface area contributed by atoms with Gasteiger partial charge in [0.15, 0.2) is 0 Å². The number of nitrogens with zero attached hydrogens (tertiary/aromatic N) is 2. The first-order chi connectivity index (χ1) is 4.83. The molecule has 1 aliphatic heterocycles. The molecule has 1 fully saturated rings. The maximum Gasteiger partial charge on any atom is 0.0468 e. The van der Waals surface area contributed by atoms with E-state index in [9.17, 15) is 0 Å². The summed E-state index contributed by atoms with van der Waals surface area (Å²) >= 11 is 0. The van der Waals surface area contributed by atoms with Gasteiger partial charge >= 0.3 is 0 Å². The molecular formula is C8H15N2. The van der Waals surface area contributed by atoms with Crippen molar-refractivity contribution in [2.75, 3.05) is 33.2 Å². The fourth-order valence-corrected chi connectivity index (χ4v) is 1.12. The summed E-state index contributed by atoms with van der Waals surface area (Å²) in [5.74, 6) is 0. The Labute approximate surface area is 63.1 Å². The van der Waals surface area contributed by atoms with Crippen LogP contribution in [0.15, 0.2) is 12.7 Å². The van der Waals surface area contributed by atoms with Gasteiger partial charge in [-0.05, 0) is 7.05 Å². The van der Waals surface area contributed by atoms with Crippen LogP contribution < -0.4 is 0 Å². The second-order valence-corrected chi connectivity index (χ2v) is 2.72. The van der Waals surface area contributed by atoms with Gasteiger partial charge in [0.05, 0.1) is 0 Å². The molecule has 0 bridgehead atoms. The summed E-state index contributed by atoms with van der Waals surface area (Å²) in [5.41, 5.74) is 0. The Hall–Kier alpha value is -0.340. The summed E-state index contributed by atoms with van der Waals surface area (Å²) in [4.78, 5) is 4.64. The molecule has 1 saturated heterocycles. The Morgan fingerprint density at radius 2 is 1.80 bits per heavy atom. The van der Waals surface area contributed by atoms with Crippen molar-refractivity contribution in [1.29, 1.82) is 0 Å². The van der Waals surface area contributed by atoms with Crippen LogP contribution in [0.2, 0.25) is 0 Å². The second kappa shape index (κ2) is 3.74. The van der Waals surface area contributed by atoms with Gasteiger partial charge in [-0.2, -0.15) is 0 Å². The van der Waals surface area contributed by atoms with Crippen LogP contribution in [0.3, 0.4) is 0 Å². The molecule has 0 aliphatic carbocycles. The Bertz CT molecular complexity index is 104. The van der Waals surface area contributed by atoms with E-state index in [1.54, 1.807) is 0 Å². The molecule has 0 amide bonds. The van der Waals surface area contributed by atoms with Gasteiger partial charge in [-0.3, -0.25) is 4.90 Å². The second-order valence-electron chi connectivity index (χ2n) is 2.72. The van der Waals surface area contributed by atoms with Crippen LogP contribution in [-0.4, -0.2) is 43.0 Å². The van der Waals surface area contributed by atoms with Gasteiger partial charge in [0.2, 0.25) is 0 Å². The number of hydrogen-bond donors (Lipinski definition) is 0. The van der Waals surface area contributed by atoms with Crippen LogP contribution in [-0.2, 0) is 0 Å². The van der Waals surface area contributed by atoms with Gasteiger partial charge < -0.3 is 4.90 Å². The summed E-state index contributed by atoms with van der Waals surface area (Å²) in [5, 5.41) is 0. The molecule has 0 aromatic carbocycles. The average Bonchev–Trinajstić information content (AvgIpc) is 1.95. The maximum absolute atomic E-state index is 3.66. The maximum atomic E-state index is 3.66. The van der Waals surface area contributed by atoms with E-state index < -0.39 is 0 Å². The average molecular weight is 139 g/mol. The minimum atomic E-state index is 1.14. The van der Waals surface area contributed by atoms with E-state index in [2.05, 4.69) is 30.0 Å². The van der Waals surface area contributed by atoms with E-state index in [0.717, 1.165) is 13.1 Å². The van der Waals surface area contributed by atoms with Gasteiger partial charge in [-0.1, -0.05) is 6.08 Å². The number of piperazine rings is 1. The van der Waals surface area contributed by atoms with Crippen LogP contribution in [0.4, 0.5) is 0 Å². The van der Waals surface area contributed by atoms with E-state index in [0.29, 0.717) is 0 Å². The Balaban J connectivity index is 2.19. The quantitative estimate of drug-likeness (QED) is 0.552. The standard InChI is InChI=1S/C8H15N2/c1-3-4-10-7-5-9(2)6-8-10/h3-4H,1,5-8H2,2H3. The smallest absolute Gasteiger partial charge is 0.0468 e. The molecule has 1 aliphatic rings. The zero-order chi connectivity index (χ0) is 7.40. The van der Waals surface area contributed by atoms with Gasteiger partial charge in [-0.15, -0.1) is 6.58 Å². The van der Waals surface area contributed by atoms with E-state index in [1.807, 2.05) is 6.08 Å². The third-order valence-corrected chi connectivity index (χ3v) is 1.85. The van der Waals surface area contributed by atoms with Crippen molar-refractivity contribution < 1.29 is 0 Å². The molecule has 0 N–H and O–H groups in total. The summed E-state index contributed by atoms with van der Waals surface area (Å²) in [6.07, 6.45) is 1.85. The summed E-state index contributed by atoms with van der Waals surface area (Å²) in [6, 6.07) is 0. The molecule has 0 unspecified atom stereocenters. The van der Waals surface area contributed by atoms with E-state index in [1.165, 1.54) is 13.1 Å². The zero-order valence-electron chi connectivity index (χ0n) is 6.58. The van der Waals surface area contributed by atoms with Crippen LogP contribution in [0.5, 0.6) is 0 Å². The minimum absolute atomic E-state index is 1.14. The van der Waals surface area contributed by atoms with Crippen LogP contribution in [0.25, 0.3) is 0 Å². The third-order valence-electron chi connectivity index (χ3n) is 1.85. The van der Waals surface area contributed by atoms with Crippen molar-refractivity contribution in [2.45, 2.75) is 0 Å². The first kappa shape index (κ1) is 7.76. The van der Waals surface area contributed by atoms with Gasteiger partial charge in [0.25, 0.3) is 0 Å². The van der Waals surface area contributed by atoms with Crippen LogP contribution in [0.1, 0.15) is 0 Å². The Kier molecular flexibility index (Phi) is 2.90. The molecule has 1 radical (unpaired) electrons. The highest BCUT2D eigenvalue weighted by molar-refractivity contribution is 4.88. The fraction of sp³-hybridized carbons (Fsp3) is 0.625. The van der Waals surface area contributed by atoms with Crippen molar-refractivity contribution in [3.8, 4) is 0 Å². The Morgan fingerprint density at radius 1 is 1.20 bits per heavy atom. The fourth-order valence-electron chi connectivity index (χ4n) is 1.12. The van der Waals surface area contributed by atoms with Gasteiger partial charge in [0.1, 0.15) is 0 Å². The first-order valence-electron chi connectivity index (χ1n) is 3.71. The van der Waals surface area contributed by atoms with Crippen LogP contribution >= 0.6 is 0 Å². The minimum Gasteiger partial charge on any atom is -0.304 e. The van der Waals surface area contributed by atoms with Crippen molar-refractivity contribution in [3.05, 3.63) is 19.2 Å². The molecule has 1 rings (SSSR count). The number of likely N-dealkylation sites (N-methyl/N-ethyl adjacent to an activating group) is 1. The monoisotopic (exact) mass is 139 g/mol. The molecule has 10 heavy (non-hydrogen) atoms. The topological polar surface area (TPSA) is 6.48 Å². The number of hydrogen-bond acceptors (Lipinski definition) is 2. The molecular weight excluding hydrogens is 124 g/mol. The first-order valence-corrected chi connectivity index (χ1v) is 3.71. The highest BCUT2D eigenvalue weighted by Gasteiger charge is 2.11. The van der Waals surface area contributed by atoms with Gasteiger partial charge in [-0.25, -0.2) is 0 Å².